The SMILES string of the molecule is CCOCCCN1C(=O)C(CC(C)C)NC1c1ccsc1. The molecule has 1 saturated heterocycles. The molecule has 2 unspecified atom stereocenters. The second-order valence-electron chi connectivity index (χ2n) is 5.89. The van der Waals surface area contributed by atoms with Gasteiger partial charge in [-0.2, -0.15) is 11.3 Å². The van der Waals surface area contributed by atoms with Crippen molar-refractivity contribution in [1.82, 2.24) is 10.2 Å². The molecule has 0 bridgehead atoms. The van der Waals surface area contributed by atoms with Gasteiger partial charge in [0.15, 0.2) is 0 Å². The molecule has 1 aliphatic heterocycles. The number of carbonyl (C=O) groups excluding carboxylic acids is 1. The maximum Gasteiger partial charge on any atom is 0.241 e. The fraction of sp³-hybridized carbons (Fsp3) is 0.688. The summed E-state index contributed by atoms with van der Waals surface area (Å²) in [5.41, 5.74) is 1.19. The lowest BCUT2D eigenvalue weighted by molar-refractivity contribution is -0.130. The molecule has 0 saturated carbocycles. The van der Waals surface area contributed by atoms with Gasteiger partial charge in [-0.05, 0) is 48.1 Å². The standard InChI is InChI=1S/C16H26N2O2S/c1-4-20-8-5-7-18-15(13-6-9-21-11-13)17-14(16(18)19)10-12(2)3/h6,9,11-12,14-15,17H,4-5,7-8,10H2,1-3H3. The predicted molar refractivity (Wildman–Crippen MR) is 86.3 cm³/mol. The van der Waals surface area contributed by atoms with Gasteiger partial charge >= 0.3 is 0 Å². The minimum Gasteiger partial charge on any atom is -0.382 e. The van der Waals surface area contributed by atoms with Crippen molar-refractivity contribution >= 4 is 17.2 Å². The molecule has 4 nitrogen and oxygen atoms in total. The van der Waals surface area contributed by atoms with Crippen molar-refractivity contribution in [2.45, 2.75) is 45.8 Å². The van der Waals surface area contributed by atoms with E-state index >= 15 is 0 Å². The van der Waals surface area contributed by atoms with Gasteiger partial charge in [-0.3, -0.25) is 10.1 Å². The number of nitrogens with one attached hydrogen (secondary N) is 1. The van der Waals surface area contributed by atoms with Crippen molar-refractivity contribution in [1.29, 1.82) is 0 Å². The lowest BCUT2D eigenvalue weighted by atomic mass is 10.0. The topological polar surface area (TPSA) is 41.6 Å². The molecule has 1 amide bonds. The monoisotopic (exact) mass is 310 g/mol. The first kappa shape index (κ1) is 16.5. The lowest BCUT2D eigenvalue weighted by Gasteiger charge is -2.23. The minimum atomic E-state index is -0.0537. The summed E-state index contributed by atoms with van der Waals surface area (Å²) in [5, 5.41) is 7.70. The molecule has 2 rings (SSSR count). The van der Waals surface area contributed by atoms with Crippen molar-refractivity contribution in [3.8, 4) is 0 Å². The molecule has 2 atom stereocenters. The van der Waals surface area contributed by atoms with E-state index in [1.807, 2.05) is 11.8 Å². The molecule has 1 aliphatic rings. The number of amides is 1. The number of nitrogens with zero attached hydrogens (tertiary/aromatic N) is 1. The number of thiophene rings is 1. The summed E-state index contributed by atoms with van der Waals surface area (Å²) in [5.74, 6) is 0.745. The Morgan fingerprint density at radius 3 is 2.90 bits per heavy atom. The van der Waals surface area contributed by atoms with Crippen LogP contribution in [0.2, 0.25) is 0 Å². The summed E-state index contributed by atoms with van der Waals surface area (Å²) in [6.45, 7) is 8.51. The second-order valence-corrected chi connectivity index (χ2v) is 6.67. The molecule has 21 heavy (non-hydrogen) atoms. The molecule has 0 radical (unpaired) electrons. The molecule has 1 aromatic rings. The fourth-order valence-corrected chi connectivity index (χ4v) is 3.43. The molecule has 0 aromatic carbocycles. The van der Waals surface area contributed by atoms with Crippen LogP contribution in [-0.2, 0) is 9.53 Å². The zero-order valence-electron chi connectivity index (χ0n) is 13.2. The van der Waals surface area contributed by atoms with Crippen molar-refractivity contribution in [3.63, 3.8) is 0 Å². The van der Waals surface area contributed by atoms with E-state index in [0.717, 1.165) is 26.0 Å². The average molecular weight is 310 g/mol. The number of carbonyl (C=O) groups is 1. The Balaban J connectivity index is 2.03. The van der Waals surface area contributed by atoms with E-state index < -0.39 is 0 Å². The van der Waals surface area contributed by atoms with Crippen LogP contribution in [0.1, 0.15) is 45.3 Å². The van der Waals surface area contributed by atoms with E-state index in [9.17, 15) is 4.79 Å². The van der Waals surface area contributed by atoms with E-state index in [1.54, 1.807) is 11.3 Å². The summed E-state index contributed by atoms with van der Waals surface area (Å²) < 4.78 is 5.39. The first-order valence-electron chi connectivity index (χ1n) is 7.79. The zero-order chi connectivity index (χ0) is 15.2. The van der Waals surface area contributed by atoms with Crippen LogP contribution in [0.3, 0.4) is 0 Å². The van der Waals surface area contributed by atoms with E-state index in [1.165, 1.54) is 5.56 Å². The Hall–Kier alpha value is -0.910. The van der Waals surface area contributed by atoms with E-state index in [4.69, 9.17) is 4.74 Å². The van der Waals surface area contributed by atoms with Crippen molar-refractivity contribution in [2.75, 3.05) is 19.8 Å². The maximum absolute atomic E-state index is 12.6. The lowest BCUT2D eigenvalue weighted by Crippen LogP contribution is -2.33. The van der Waals surface area contributed by atoms with E-state index in [0.29, 0.717) is 12.5 Å². The van der Waals surface area contributed by atoms with Gasteiger partial charge in [-0.25, -0.2) is 0 Å². The Labute approximate surface area is 131 Å². The number of rotatable bonds is 8. The van der Waals surface area contributed by atoms with Gasteiger partial charge in [0.2, 0.25) is 5.91 Å². The van der Waals surface area contributed by atoms with Crippen LogP contribution >= 0.6 is 11.3 Å². The molecule has 1 aromatic heterocycles. The molecule has 5 heteroatoms. The van der Waals surface area contributed by atoms with Crippen LogP contribution in [0, 0.1) is 5.92 Å². The largest absolute Gasteiger partial charge is 0.382 e. The molecule has 2 heterocycles. The van der Waals surface area contributed by atoms with Gasteiger partial charge in [-0.1, -0.05) is 13.8 Å². The smallest absolute Gasteiger partial charge is 0.241 e. The number of hydrogen-bond donors (Lipinski definition) is 1. The van der Waals surface area contributed by atoms with Crippen LogP contribution < -0.4 is 5.32 Å². The van der Waals surface area contributed by atoms with Crippen molar-refractivity contribution < 1.29 is 9.53 Å². The van der Waals surface area contributed by atoms with Crippen LogP contribution in [-0.4, -0.2) is 36.6 Å². The highest BCUT2D eigenvalue weighted by molar-refractivity contribution is 7.07. The Kier molecular flexibility index (Phi) is 6.21. The Morgan fingerprint density at radius 2 is 2.29 bits per heavy atom. The minimum absolute atomic E-state index is 0.0223. The van der Waals surface area contributed by atoms with Gasteiger partial charge in [0.25, 0.3) is 0 Å². The van der Waals surface area contributed by atoms with Gasteiger partial charge in [-0.15, -0.1) is 0 Å². The summed E-state index contributed by atoms with van der Waals surface area (Å²) in [7, 11) is 0. The predicted octanol–water partition coefficient (Wildman–Crippen LogP) is 3.02. The fourth-order valence-electron chi connectivity index (χ4n) is 2.75. The van der Waals surface area contributed by atoms with Gasteiger partial charge < -0.3 is 9.64 Å². The molecule has 0 spiro atoms. The Bertz CT molecular complexity index is 433. The summed E-state index contributed by atoms with van der Waals surface area (Å²) in [6.07, 6.45) is 1.80. The van der Waals surface area contributed by atoms with Crippen molar-refractivity contribution in [2.24, 2.45) is 5.92 Å². The molecule has 118 valence electrons. The molecule has 1 N–H and O–H groups in total. The van der Waals surface area contributed by atoms with Gasteiger partial charge in [0.1, 0.15) is 6.17 Å². The number of hydrogen-bond acceptors (Lipinski definition) is 4. The quantitative estimate of drug-likeness (QED) is 0.751. The van der Waals surface area contributed by atoms with Gasteiger partial charge in [0, 0.05) is 19.8 Å². The molecule has 1 fully saturated rings. The summed E-state index contributed by atoms with van der Waals surface area (Å²) >= 11 is 1.67. The first-order valence-corrected chi connectivity index (χ1v) is 8.74. The third-order valence-corrected chi connectivity index (χ3v) is 4.41. The zero-order valence-corrected chi connectivity index (χ0v) is 14.0. The van der Waals surface area contributed by atoms with Crippen molar-refractivity contribution in [3.05, 3.63) is 22.4 Å². The van der Waals surface area contributed by atoms with Crippen LogP contribution in [0.5, 0.6) is 0 Å². The molecular formula is C16H26N2O2S. The van der Waals surface area contributed by atoms with Gasteiger partial charge in [0.05, 0.1) is 6.04 Å². The Morgan fingerprint density at radius 1 is 1.48 bits per heavy atom. The summed E-state index contributed by atoms with van der Waals surface area (Å²) in [6, 6.07) is 2.05. The van der Waals surface area contributed by atoms with Crippen LogP contribution in [0.15, 0.2) is 16.8 Å². The summed E-state index contributed by atoms with van der Waals surface area (Å²) in [4.78, 5) is 14.6. The number of ether oxygens (including phenoxy) is 1. The maximum atomic E-state index is 12.6. The third-order valence-electron chi connectivity index (χ3n) is 3.71. The molecular weight excluding hydrogens is 284 g/mol. The highest BCUT2D eigenvalue weighted by atomic mass is 32.1. The second kappa shape index (κ2) is 7.92. The van der Waals surface area contributed by atoms with Crippen LogP contribution in [0.4, 0.5) is 0 Å². The van der Waals surface area contributed by atoms with E-state index in [2.05, 4.69) is 36.0 Å². The first-order chi connectivity index (χ1) is 10.1. The normalized spacial score (nSPS) is 22.5. The van der Waals surface area contributed by atoms with Crippen LogP contribution in [0.25, 0.3) is 0 Å². The highest BCUT2D eigenvalue weighted by Crippen LogP contribution is 2.29. The van der Waals surface area contributed by atoms with E-state index in [-0.39, 0.29) is 18.1 Å². The third kappa shape index (κ3) is 4.28. The average Bonchev–Trinajstić information content (AvgIpc) is 3.05. The highest BCUT2D eigenvalue weighted by Gasteiger charge is 2.39. The molecule has 0 aliphatic carbocycles.